The molecule has 0 unspecified atom stereocenters. The molecule has 4 nitrogen and oxygen atoms in total. The molecule has 0 bridgehead atoms. The summed E-state index contributed by atoms with van der Waals surface area (Å²) in [5, 5.41) is -0.716. The molecule has 0 aromatic carbocycles. The van der Waals surface area contributed by atoms with Crippen molar-refractivity contribution in [1.82, 2.24) is 0 Å². The van der Waals surface area contributed by atoms with E-state index in [1.165, 1.54) is 7.11 Å². The smallest absolute Gasteiger partial charge is 0.411 e. The molecule has 17 heavy (non-hydrogen) atoms. The first kappa shape index (κ1) is 16.4. The molecule has 0 aromatic rings. The van der Waals surface area contributed by atoms with Gasteiger partial charge in [0.05, 0.1) is 7.11 Å². The second-order valence-corrected chi connectivity index (χ2v) is 12.6. The van der Waals surface area contributed by atoms with Gasteiger partial charge in [0.25, 0.3) is 0 Å². The molecule has 0 aliphatic rings. The van der Waals surface area contributed by atoms with Crippen LogP contribution in [0.25, 0.3) is 5.53 Å². The van der Waals surface area contributed by atoms with Crippen LogP contribution in [-0.2, 0) is 9.53 Å². The van der Waals surface area contributed by atoms with E-state index in [0.717, 1.165) is 0 Å². The second kappa shape index (κ2) is 4.92. The number of carbonyl (C=O) groups is 1. The lowest BCUT2D eigenvalue weighted by Gasteiger charge is -2.41. The van der Waals surface area contributed by atoms with Crippen molar-refractivity contribution in [3.05, 3.63) is 5.53 Å². The maximum Gasteiger partial charge on any atom is 0.411 e. The molecular formula is C11H21ClN2O2Si. The number of hydrogen-bond donors (Lipinski definition) is 0. The molecule has 0 amide bonds. The van der Waals surface area contributed by atoms with Gasteiger partial charge in [0.2, 0.25) is 0 Å². The lowest BCUT2D eigenvalue weighted by atomic mass is 10.2. The van der Waals surface area contributed by atoms with Crippen molar-refractivity contribution in [2.24, 2.45) is 0 Å². The van der Waals surface area contributed by atoms with Crippen molar-refractivity contribution >= 4 is 29.8 Å². The molecule has 0 aliphatic carbocycles. The van der Waals surface area contributed by atoms with E-state index in [4.69, 9.17) is 16.6 Å². The molecule has 0 aliphatic heterocycles. The van der Waals surface area contributed by atoms with Crippen LogP contribution < -0.4 is 0 Å². The third-order valence-electron chi connectivity index (χ3n) is 2.87. The first-order valence-corrected chi connectivity index (χ1v) is 8.44. The molecule has 0 spiro atoms. The van der Waals surface area contributed by atoms with Gasteiger partial charge in [0.1, 0.15) is 0 Å². The molecular weight excluding hydrogens is 256 g/mol. The van der Waals surface area contributed by atoms with Crippen LogP contribution in [0.3, 0.4) is 0 Å². The minimum absolute atomic E-state index is 0.0262. The summed E-state index contributed by atoms with van der Waals surface area (Å²) in [5.74, 6) is -0.654. The fourth-order valence-corrected chi connectivity index (χ4v) is 6.72. The number of hydrogen-bond acceptors (Lipinski definition) is 2. The summed E-state index contributed by atoms with van der Waals surface area (Å²) in [6.07, 6.45) is 0. The van der Waals surface area contributed by atoms with Gasteiger partial charge in [-0.05, 0) is 10.1 Å². The van der Waals surface area contributed by atoms with Crippen LogP contribution in [-0.4, -0.2) is 30.6 Å². The van der Waals surface area contributed by atoms with E-state index in [-0.39, 0.29) is 15.4 Å². The van der Waals surface area contributed by atoms with E-state index in [0.29, 0.717) is 0 Å². The summed E-state index contributed by atoms with van der Waals surface area (Å²) in [6.45, 7) is 11.7. The number of carbonyl (C=O) groups excluding carboxylic acids is 1. The standard InChI is InChI=1S/C11H21ClN2O2Si/c1-10(2,3)17(12,11(4,5)6)8(14-13)9(15)16-7/h1-7H3. The molecule has 98 valence electrons. The SMILES string of the molecule is COC(=O)C(=[N+]=[N-])[Si](Cl)(C(C)(C)C)C(C)(C)C. The molecule has 0 fully saturated rings. The highest BCUT2D eigenvalue weighted by atomic mass is 35.6. The Labute approximate surface area is 109 Å². The number of methoxy groups -OCH3 is 1. The monoisotopic (exact) mass is 276 g/mol. The Morgan fingerprint density at radius 1 is 1.18 bits per heavy atom. The van der Waals surface area contributed by atoms with E-state index in [1.807, 2.05) is 41.5 Å². The minimum Gasteiger partial charge on any atom is -0.461 e. The van der Waals surface area contributed by atoms with E-state index in [9.17, 15) is 4.79 Å². The largest absolute Gasteiger partial charge is 0.461 e. The van der Waals surface area contributed by atoms with Gasteiger partial charge in [-0.2, -0.15) is 4.79 Å². The molecule has 0 radical (unpaired) electrons. The van der Waals surface area contributed by atoms with Crippen LogP contribution in [0.5, 0.6) is 0 Å². The van der Waals surface area contributed by atoms with Gasteiger partial charge >= 0.3 is 18.7 Å². The quantitative estimate of drug-likeness (QED) is 0.194. The van der Waals surface area contributed by atoms with Crippen LogP contribution in [0.2, 0.25) is 10.1 Å². The van der Waals surface area contributed by atoms with Crippen LogP contribution in [0.1, 0.15) is 41.5 Å². The highest BCUT2D eigenvalue weighted by Gasteiger charge is 2.64. The summed E-state index contributed by atoms with van der Waals surface area (Å²) < 4.78 is 4.66. The Morgan fingerprint density at radius 2 is 1.53 bits per heavy atom. The Bertz CT molecular complexity index is 349. The molecule has 0 saturated heterocycles. The predicted molar refractivity (Wildman–Crippen MR) is 71.7 cm³/mol. The molecule has 0 saturated carbocycles. The third kappa shape index (κ3) is 2.79. The van der Waals surface area contributed by atoms with Crippen molar-refractivity contribution in [3.63, 3.8) is 0 Å². The zero-order chi connectivity index (χ0) is 14.1. The average molecular weight is 277 g/mol. The topological polar surface area (TPSA) is 62.7 Å². The highest BCUT2D eigenvalue weighted by molar-refractivity contribution is 7.42. The minimum atomic E-state index is -2.87. The lowest BCUT2D eigenvalue weighted by Crippen LogP contribution is -2.57. The van der Waals surface area contributed by atoms with E-state index in [1.54, 1.807) is 0 Å². The number of esters is 1. The van der Waals surface area contributed by atoms with Gasteiger partial charge < -0.3 is 10.3 Å². The fraction of sp³-hybridized carbons (Fsp3) is 0.818. The normalized spacial score (nSPS) is 12.9. The van der Waals surface area contributed by atoms with Crippen LogP contribution >= 0.6 is 11.1 Å². The second-order valence-electron chi connectivity index (χ2n) is 6.10. The zero-order valence-corrected chi connectivity index (χ0v) is 13.3. The van der Waals surface area contributed by atoms with Crippen molar-refractivity contribution in [1.29, 1.82) is 0 Å². The van der Waals surface area contributed by atoms with E-state index < -0.39 is 13.4 Å². The van der Waals surface area contributed by atoms with Gasteiger partial charge in [-0.15, -0.1) is 11.1 Å². The first-order chi connectivity index (χ1) is 7.43. The Balaban J connectivity index is 6.01. The van der Waals surface area contributed by atoms with Crippen molar-refractivity contribution in [2.75, 3.05) is 7.11 Å². The molecule has 0 rings (SSSR count). The number of ether oxygens (including phenoxy) is 1. The van der Waals surface area contributed by atoms with Gasteiger partial charge in [-0.25, -0.2) is 4.79 Å². The number of rotatable bonds is 2. The molecule has 0 N–H and O–H groups in total. The lowest BCUT2D eigenvalue weighted by molar-refractivity contribution is -0.136. The number of nitrogens with zero attached hydrogens (tertiary/aromatic N) is 2. The van der Waals surface area contributed by atoms with Crippen molar-refractivity contribution in [3.8, 4) is 0 Å². The maximum absolute atomic E-state index is 11.7. The summed E-state index contributed by atoms with van der Waals surface area (Å²) in [4.78, 5) is 14.9. The van der Waals surface area contributed by atoms with Crippen molar-refractivity contribution < 1.29 is 14.3 Å². The highest BCUT2D eigenvalue weighted by Crippen LogP contribution is 2.53. The Kier molecular flexibility index (Phi) is 4.74. The molecule has 0 atom stereocenters. The van der Waals surface area contributed by atoms with Crippen molar-refractivity contribution in [2.45, 2.75) is 51.6 Å². The van der Waals surface area contributed by atoms with Crippen LogP contribution in [0.15, 0.2) is 0 Å². The van der Waals surface area contributed by atoms with Gasteiger partial charge in [0.15, 0.2) is 0 Å². The van der Waals surface area contributed by atoms with Crippen LogP contribution in [0.4, 0.5) is 0 Å². The average Bonchev–Trinajstić information content (AvgIpc) is 2.14. The molecule has 0 heterocycles. The van der Waals surface area contributed by atoms with E-state index >= 15 is 0 Å². The first-order valence-electron chi connectivity index (χ1n) is 5.43. The number of halogens is 1. The fourth-order valence-electron chi connectivity index (χ4n) is 2.18. The van der Waals surface area contributed by atoms with Gasteiger partial charge in [0, 0.05) is 0 Å². The third-order valence-corrected chi connectivity index (χ3v) is 11.9. The van der Waals surface area contributed by atoms with Gasteiger partial charge in [-0.3, -0.25) is 0 Å². The Morgan fingerprint density at radius 3 is 1.71 bits per heavy atom. The summed E-state index contributed by atoms with van der Waals surface area (Å²) in [5.41, 5.74) is 9.13. The van der Waals surface area contributed by atoms with E-state index in [2.05, 4.69) is 9.53 Å². The zero-order valence-electron chi connectivity index (χ0n) is 11.6. The summed E-state index contributed by atoms with van der Waals surface area (Å²) in [6, 6.07) is 0. The predicted octanol–water partition coefficient (Wildman–Crippen LogP) is 3.15. The van der Waals surface area contributed by atoms with Crippen LogP contribution in [0, 0.1) is 0 Å². The maximum atomic E-state index is 11.7. The summed E-state index contributed by atoms with van der Waals surface area (Å²) in [7, 11) is -1.61. The summed E-state index contributed by atoms with van der Waals surface area (Å²) >= 11 is 6.78. The van der Waals surface area contributed by atoms with Gasteiger partial charge in [-0.1, -0.05) is 41.5 Å². The Hall–Kier alpha value is -0.643. The molecule has 6 heteroatoms. The molecule has 0 aromatic heterocycles.